The quantitative estimate of drug-likeness (QED) is 0.208. The van der Waals surface area contributed by atoms with Crippen LogP contribution in [0.3, 0.4) is 0 Å². The molecule has 46 heavy (non-hydrogen) atoms. The third kappa shape index (κ3) is 6.46. The molecule has 0 heterocycles. The Morgan fingerprint density at radius 1 is 1.13 bits per heavy atom. The predicted octanol–water partition coefficient (Wildman–Crippen LogP) is 4.76. The van der Waals surface area contributed by atoms with E-state index in [9.17, 15) is 24.6 Å². The van der Waals surface area contributed by atoms with Gasteiger partial charge in [-0.3, -0.25) is 14.4 Å². The van der Waals surface area contributed by atoms with Crippen LogP contribution in [0.4, 0.5) is 0 Å². The number of carbonyl (C=O) groups excluding carboxylic acids is 3. The van der Waals surface area contributed by atoms with E-state index in [1.165, 1.54) is 32.8 Å². The van der Waals surface area contributed by atoms with Crippen molar-refractivity contribution in [3.8, 4) is 11.5 Å². The minimum atomic E-state index is -1.10. The molecule has 1 aromatic carbocycles. The lowest BCUT2D eigenvalue weighted by atomic mass is 9.45. The first kappa shape index (κ1) is 33.7. The maximum atomic E-state index is 14.5. The topological polar surface area (TPSA) is 125 Å². The van der Waals surface area contributed by atoms with Crippen molar-refractivity contribution in [2.75, 3.05) is 26.8 Å². The van der Waals surface area contributed by atoms with Crippen LogP contribution in [0.1, 0.15) is 82.0 Å². The number of nitrogens with one attached hydrogen (secondary N) is 1. The summed E-state index contributed by atoms with van der Waals surface area (Å²) in [6.07, 6.45) is 9.21. The molecule has 10 heteroatoms. The Morgan fingerprint density at radius 3 is 2.57 bits per heavy atom. The van der Waals surface area contributed by atoms with Crippen LogP contribution in [0.5, 0.6) is 11.5 Å². The zero-order chi connectivity index (χ0) is 32.7. The van der Waals surface area contributed by atoms with E-state index in [2.05, 4.69) is 41.8 Å². The normalized spacial score (nSPS) is 33.9. The van der Waals surface area contributed by atoms with Crippen LogP contribution < -0.4 is 14.8 Å². The van der Waals surface area contributed by atoms with Gasteiger partial charge in [-0.2, -0.15) is 0 Å². The maximum Gasteiger partial charge on any atom is 0.247 e. The summed E-state index contributed by atoms with van der Waals surface area (Å²) in [4.78, 5) is 41.3. The number of amides is 2. The molecule has 4 bridgehead atoms. The van der Waals surface area contributed by atoms with Crippen molar-refractivity contribution in [3.63, 3.8) is 0 Å². The van der Waals surface area contributed by atoms with Gasteiger partial charge < -0.3 is 29.9 Å². The molecule has 7 rings (SSSR count). The second kappa shape index (κ2) is 13.7. The molecule has 1 aromatic rings. The van der Waals surface area contributed by atoms with Crippen molar-refractivity contribution in [2.24, 2.45) is 40.9 Å². The van der Waals surface area contributed by atoms with Crippen LogP contribution in [-0.2, 0) is 9.59 Å². The number of methoxy groups -OCH3 is 1. The number of aliphatic hydroxyl groups is 2. The molecule has 0 aromatic heterocycles. The molecule has 3 N–H and O–H groups in total. The summed E-state index contributed by atoms with van der Waals surface area (Å²) in [6.45, 7) is 5.18. The molecule has 6 aliphatic rings. The summed E-state index contributed by atoms with van der Waals surface area (Å²) in [5.41, 5.74) is 1.09. The average Bonchev–Trinajstić information content (AvgIpc) is 3.67. The number of carbonyl (C=O) groups is 3. The Morgan fingerprint density at radius 2 is 1.93 bits per heavy atom. The third-order valence-electron chi connectivity index (χ3n) is 12.3. The van der Waals surface area contributed by atoms with E-state index in [0.29, 0.717) is 62.8 Å². The summed E-state index contributed by atoms with van der Waals surface area (Å²) >= 11 is 2.07. The molecule has 2 amide bonds. The largest absolute Gasteiger partial charge is 0.493 e. The second-order valence-electron chi connectivity index (χ2n) is 15.1. The van der Waals surface area contributed by atoms with Crippen molar-refractivity contribution >= 4 is 40.7 Å². The van der Waals surface area contributed by atoms with Crippen LogP contribution in [0.25, 0.3) is 0 Å². The van der Waals surface area contributed by atoms with Gasteiger partial charge >= 0.3 is 0 Å². The number of fused-ring (bicyclic) bond motifs is 4. The lowest BCUT2D eigenvalue weighted by Crippen LogP contribution is -2.59. The van der Waals surface area contributed by atoms with Crippen molar-refractivity contribution in [3.05, 3.63) is 32.9 Å². The highest BCUT2D eigenvalue weighted by molar-refractivity contribution is 14.1. The lowest BCUT2D eigenvalue weighted by molar-refractivity contribution is -0.149. The van der Waals surface area contributed by atoms with Gasteiger partial charge in [0, 0.05) is 37.1 Å². The SMILES string of the molecule is COc1cc(C=O)cc(I)c1OC1C=C(C(=O)NCCO)CC(N(CC2CCC3CC2C3(C)C)C(=O)CC2CC3CCC2C3)C1O. The summed E-state index contributed by atoms with van der Waals surface area (Å²) < 4.78 is 12.6. The van der Waals surface area contributed by atoms with Crippen molar-refractivity contribution in [1.29, 1.82) is 0 Å². The fourth-order valence-corrected chi connectivity index (χ4v) is 10.4. The van der Waals surface area contributed by atoms with Gasteiger partial charge in [-0.05, 0) is 120 Å². The molecule has 6 aliphatic carbocycles. The minimum Gasteiger partial charge on any atom is -0.493 e. The molecule has 5 saturated carbocycles. The number of rotatable bonds is 12. The van der Waals surface area contributed by atoms with Gasteiger partial charge in [0.05, 0.1) is 23.3 Å². The summed E-state index contributed by atoms with van der Waals surface area (Å²) in [5, 5.41) is 24.2. The Balaban J connectivity index is 1.32. The number of benzene rings is 1. The second-order valence-corrected chi connectivity index (χ2v) is 16.2. The first-order valence-corrected chi connectivity index (χ1v) is 18.2. The van der Waals surface area contributed by atoms with Crippen LogP contribution >= 0.6 is 22.6 Å². The smallest absolute Gasteiger partial charge is 0.247 e. The van der Waals surface area contributed by atoms with E-state index in [4.69, 9.17) is 9.47 Å². The Hall–Kier alpha value is -2.18. The number of aliphatic hydroxyl groups excluding tert-OH is 2. The van der Waals surface area contributed by atoms with E-state index in [-0.39, 0.29) is 36.8 Å². The molecule has 0 aliphatic heterocycles. The predicted molar refractivity (Wildman–Crippen MR) is 181 cm³/mol. The summed E-state index contributed by atoms with van der Waals surface area (Å²) in [7, 11) is 1.49. The highest BCUT2D eigenvalue weighted by atomic mass is 127. The van der Waals surface area contributed by atoms with E-state index in [1.807, 2.05) is 4.90 Å². The van der Waals surface area contributed by atoms with Crippen molar-refractivity contribution in [1.82, 2.24) is 10.2 Å². The molecule has 0 radical (unpaired) electrons. The lowest BCUT2D eigenvalue weighted by Gasteiger charge is -2.61. The fourth-order valence-electron chi connectivity index (χ4n) is 9.66. The van der Waals surface area contributed by atoms with E-state index >= 15 is 0 Å². The fraction of sp³-hybridized carbons (Fsp3) is 0.694. The molecule has 0 spiro atoms. The maximum absolute atomic E-state index is 14.5. The van der Waals surface area contributed by atoms with E-state index in [1.54, 1.807) is 18.2 Å². The van der Waals surface area contributed by atoms with Gasteiger partial charge in [0.2, 0.25) is 11.8 Å². The summed E-state index contributed by atoms with van der Waals surface area (Å²) in [5.74, 6) is 3.74. The third-order valence-corrected chi connectivity index (χ3v) is 13.1. The minimum absolute atomic E-state index is 0.0686. The van der Waals surface area contributed by atoms with Gasteiger partial charge in [0.1, 0.15) is 18.5 Å². The van der Waals surface area contributed by atoms with Gasteiger partial charge in [0.25, 0.3) is 0 Å². The molecular weight excluding hydrogens is 699 g/mol. The Bertz CT molecular complexity index is 1360. The first-order valence-electron chi connectivity index (χ1n) is 17.1. The van der Waals surface area contributed by atoms with Crippen molar-refractivity contribution in [2.45, 2.75) is 89.9 Å². The highest BCUT2D eigenvalue weighted by Crippen LogP contribution is 2.61. The van der Waals surface area contributed by atoms with Crippen LogP contribution in [0.2, 0.25) is 0 Å². The molecule has 252 valence electrons. The summed E-state index contributed by atoms with van der Waals surface area (Å²) in [6, 6.07) is 2.60. The molecule has 0 saturated heterocycles. The molecule has 9 atom stereocenters. The molecule has 9 nitrogen and oxygen atoms in total. The van der Waals surface area contributed by atoms with Crippen LogP contribution in [0, 0.1) is 44.5 Å². The number of nitrogens with zero attached hydrogens (tertiary/aromatic N) is 1. The molecular formula is C36H49IN2O7. The zero-order valence-corrected chi connectivity index (χ0v) is 29.4. The van der Waals surface area contributed by atoms with Gasteiger partial charge in [0.15, 0.2) is 11.5 Å². The number of halogens is 1. The van der Waals surface area contributed by atoms with E-state index in [0.717, 1.165) is 37.4 Å². The first-order chi connectivity index (χ1) is 22.0. The average molecular weight is 749 g/mol. The standard InChI is InChI=1S/C36H49IN2O7/c1-36(2)26-7-6-23(27(36)17-26)18-39(32(42)16-24-11-20-4-5-22(24)10-20)29-14-25(35(44)38-8-9-40)15-30(33(29)43)46-34-28(37)12-21(19-41)13-31(34)45-3/h12-13,15,19-20,22-24,26-27,29-30,33,40,43H,4-11,14,16-18H2,1-3H3,(H,38,44). The van der Waals surface area contributed by atoms with Crippen molar-refractivity contribution < 1.29 is 34.1 Å². The van der Waals surface area contributed by atoms with Gasteiger partial charge in [-0.25, -0.2) is 0 Å². The van der Waals surface area contributed by atoms with Crippen LogP contribution in [-0.4, -0.2) is 78.3 Å². The Kier molecular flexibility index (Phi) is 10.1. The van der Waals surface area contributed by atoms with Gasteiger partial charge in [-0.15, -0.1) is 0 Å². The van der Waals surface area contributed by atoms with Gasteiger partial charge in [-0.1, -0.05) is 20.3 Å². The monoisotopic (exact) mass is 748 g/mol. The number of aldehydes is 1. The number of hydrogen-bond acceptors (Lipinski definition) is 7. The zero-order valence-electron chi connectivity index (χ0n) is 27.3. The number of hydrogen-bond donors (Lipinski definition) is 3. The number of ether oxygens (including phenoxy) is 2. The molecule has 5 fully saturated rings. The molecule has 9 unspecified atom stereocenters. The highest BCUT2D eigenvalue weighted by Gasteiger charge is 2.55. The van der Waals surface area contributed by atoms with Crippen LogP contribution in [0.15, 0.2) is 23.8 Å². The Labute approximate surface area is 286 Å². The van der Waals surface area contributed by atoms with E-state index < -0.39 is 18.2 Å².